The highest BCUT2D eigenvalue weighted by Crippen LogP contribution is 2.38. The van der Waals surface area contributed by atoms with E-state index in [1.807, 2.05) is 18.2 Å². The molecular weight excluding hydrogens is 308 g/mol. The lowest BCUT2D eigenvalue weighted by Crippen LogP contribution is -2.32. The molecule has 2 aromatic carbocycles. The van der Waals surface area contributed by atoms with Crippen molar-refractivity contribution in [3.8, 4) is 5.75 Å². The predicted molar refractivity (Wildman–Crippen MR) is 94.5 cm³/mol. The van der Waals surface area contributed by atoms with Crippen LogP contribution < -0.4 is 4.74 Å². The molecule has 4 rings (SSSR count). The van der Waals surface area contributed by atoms with Crippen LogP contribution in [0.25, 0.3) is 10.9 Å². The average Bonchev–Trinajstić information content (AvgIpc) is 2.92. The van der Waals surface area contributed by atoms with Crippen LogP contribution in [0.15, 0.2) is 42.5 Å². The normalized spacial score (nSPS) is 18.1. The summed E-state index contributed by atoms with van der Waals surface area (Å²) in [7, 11) is 3.87. The molecular formula is C19H19ClN2O. The highest BCUT2D eigenvalue weighted by atomic mass is 35.5. The second-order valence-electron chi connectivity index (χ2n) is 6.11. The van der Waals surface area contributed by atoms with Gasteiger partial charge in [-0.2, -0.15) is 0 Å². The van der Waals surface area contributed by atoms with Crippen molar-refractivity contribution in [1.29, 1.82) is 0 Å². The Kier molecular flexibility index (Phi) is 3.55. The second kappa shape index (κ2) is 5.59. The monoisotopic (exact) mass is 326 g/mol. The molecule has 0 amide bonds. The molecule has 0 saturated carbocycles. The van der Waals surface area contributed by atoms with Crippen LogP contribution in [0.1, 0.15) is 22.9 Å². The van der Waals surface area contributed by atoms with E-state index < -0.39 is 0 Å². The first-order valence-electron chi connectivity index (χ1n) is 7.81. The third kappa shape index (κ3) is 2.41. The predicted octanol–water partition coefficient (Wildman–Crippen LogP) is 4.41. The summed E-state index contributed by atoms with van der Waals surface area (Å²) in [5.74, 6) is 0.885. The fraction of sp³-hybridized carbons (Fsp3) is 0.263. The van der Waals surface area contributed by atoms with E-state index in [0.29, 0.717) is 0 Å². The summed E-state index contributed by atoms with van der Waals surface area (Å²) in [4.78, 5) is 6.01. The first-order valence-corrected chi connectivity index (χ1v) is 8.19. The number of hydrogen-bond donors (Lipinski definition) is 1. The zero-order valence-corrected chi connectivity index (χ0v) is 14.0. The summed E-state index contributed by atoms with van der Waals surface area (Å²) in [6.07, 6.45) is 1.04. The van der Waals surface area contributed by atoms with Gasteiger partial charge in [-0.1, -0.05) is 23.7 Å². The van der Waals surface area contributed by atoms with E-state index in [9.17, 15) is 0 Å². The Morgan fingerprint density at radius 2 is 1.96 bits per heavy atom. The molecule has 2 heterocycles. The molecule has 1 atom stereocenters. The molecule has 23 heavy (non-hydrogen) atoms. The minimum Gasteiger partial charge on any atom is -0.497 e. The quantitative estimate of drug-likeness (QED) is 0.755. The van der Waals surface area contributed by atoms with E-state index in [4.69, 9.17) is 16.3 Å². The minimum absolute atomic E-state index is 0.232. The molecule has 0 saturated heterocycles. The second-order valence-corrected chi connectivity index (χ2v) is 6.55. The molecule has 3 aromatic rings. The number of benzene rings is 2. The van der Waals surface area contributed by atoms with Crippen LogP contribution in [-0.4, -0.2) is 30.6 Å². The third-order valence-electron chi connectivity index (χ3n) is 4.76. The summed E-state index contributed by atoms with van der Waals surface area (Å²) >= 11 is 6.20. The molecule has 0 radical (unpaired) electrons. The van der Waals surface area contributed by atoms with Gasteiger partial charge in [0.2, 0.25) is 0 Å². The van der Waals surface area contributed by atoms with E-state index in [2.05, 4.69) is 41.2 Å². The van der Waals surface area contributed by atoms with E-state index in [1.165, 1.54) is 22.2 Å². The number of nitrogens with one attached hydrogen (secondary N) is 1. The number of ether oxygens (including phenoxy) is 1. The Bertz CT molecular complexity index is 854. The van der Waals surface area contributed by atoms with Gasteiger partial charge in [0.25, 0.3) is 0 Å². The molecule has 1 aliphatic heterocycles. The van der Waals surface area contributed by atoms with Crippen LogP contribution in [0.3, 0.4) is 0 Å². The molecule has 4 heteroatoms. The van der Waals surface area contributed by atoms with Crippen LogP contribution in [0.2, 0.25) is 5.02 Å². The fourth-order valence-corrected chi connectivity index (χ4v) is 3.76. The van der Waals surface area contributed by atoms with Crippen molar-refractivity contribution in [2.24, 2.45) is 0 Å². The average molecular weight is 327 g/mol. The maximum Gasteiger partial charge on any atom is 0.118 e. The number of likely N-dealkylation sites (N-methyl/N-ethyl adjacent to an activating group) is 1. The van der Waals surface area contributed by atoms with Gasteiger partial charge in [0.05, 0.1) is 13.2 Å². The Morgan fingerprint density at radius 3 is 2.70 bits per heavy atom. The van der Waals surface area contributed by atoms with Gasteiger partial charge in [-0.25, -0.2) is 0 Å². The van der Waals surface area contributed by atoms with Gasteiger partial charge in [-0.15, -0.1) is 0 Å². The SMILES string of the molecule is COc1ccc(C2c3[nH]c4ccc(Cl)cc4c3CCN2C)cc1. The number of rotatable bonds is 2. The molecule has 1 aromatic heterocycles. The highest BCUT2D eigenvalue weighted by molar-refractivity contribution is 6.31. The van der Waals surface area contributed by atoms with E-state index in [0.717, 1.165) is 29.3 Å². The largest absolute Gasteiger partial charge is 0.497 e. The van der Waals surface area contributed by atoms with Crippen molar-refractivity contribution in [3.63, 3.8) is 0 Å². The van der Waals surface area contributed by atoms with Crippen molar-refractivity contribution < 1.29 is 4.74 Å². The Hall–Kier alpha value is -1.97. The first-order chi connectivity index (χ1) is 11.2. The lowest BCUT2D eigenvalue weighted by molar-refractivity contribution is 0.261. The summed E-state index contributed by atoms with van der Waals surface area (Å²) in [5.41, 5.74) is 5.10. The molecule has 0 aliphatic carbocycles. The smallest absolute Gasteiger partial charge is 0.118 e. The van der Waals surface area contributed by atoms with E-state index >= 15 is 0 Å². The number of fused-ring (bicyclic) bond motifs is 3. The zero-order chi connectivity index (χ0) is 16.0. The van der Waals surface area contributed by atoms with Gasteiger partial charge >= 0.3 is 0 Å². The summed E-state index contributed by atoms with van der Waals surface area (Å²) < 4.78 is 5.28. The highest BCUT2D eigenvalue weighted by Gasteiger charge is 2.29. The van der Waals surface area contributed by atoms with Gasteiger partial charge < -0.3 is 9.72 Å². The van der Waals surface area contributed by atoms with Crippen LogP contribution >= 0.6 is 11.6 Å². The lowest BCUT2D eigenvalue weighted by Gasteiger charge is -2.33. The van der Waals surface area contributed by atoms with Crippen LogP contribution in [0, 0.1) is 0 Å². The third-order valence-corrected chi connectivity index (χ3v) is 5.00. The van der Waals surface area contributed by atoms with Crippen molar-refractivity contribution in [1.82, 2.24) is 9.88 Å². The Balaban J connectivity index is 1.86. The summed E-state index contributed by atoms with van der Waals surface area (Å²) in [6.45, 7) is 1.03. The fourth-order valence-electron chi connectivity index (χ4n) is 3.59. The van der Waals surface area contributed by atoms with Crippen molar-refractivity contribution in [2.75, 3.05) is 20.7 Å². The maximum atomic E-state index is 6.20. The van der Waals surface area contributed by atoms with Gasteiger partial charge in [0.15, 0.2) is 0 Å². The topological polar surface area (TPSA) is 28.3 Å². The molecule has 1 N–H and O–H groups in total. The number of aromatic amines is 1. The van der Waals surface area contributed by atoms with E-state index in [-0.39, 0.29) is 6.04 Å². The number of methoxy groups -OCH3 is 1. The van der Waals surface area contributed by atoms with Gasteiger partial charge in [-0.3, -0.25) is 4.90 Å². The van der Waals surface area contributed by atoms with Gasteiger partial charge in [-0.05, 0) is 54.9 Å². The van der Waals surface area contributed by atoms with Crippen LogP contribution in [-0.2, 0) is 6.42 Å². The molecule has 0 bridgehead atoms. The number of H-pyrrole nitrogens is 1. The van der Waals surface area contributed by atoms with Crippen LogP contribution in [0.4, 0.5) is 0 Å². The minimum atomic E-state index is 0.232. The molecule has 3 nitrogen and oxygen atoms in total. The number of aromatic nitrogens is 1. The molecule has 1 aliphatic rings. The number of nitrogens with zero attached hydrogens (tertiary/aromatic N) is 1. The molecule has 118 valence electrons. The van der Waals surface area contributed by atoms with Gasteiger partial charge in [0.1, 0.15) is 5.75 Å². The standard InChI is InChI=1S/C19H19ClN2O/c1-22-10-9-15-16-11-13(20)5-8-17(16)21-18(15)19(22)12-3-6-14(23-2)7-4-12/h3-8,11,19,21H,9-10H2,1-2H3. The maximum absolute atomic E-state index is 6.20. The Labute approximate surface area is 140 Å². The van der Waals surface area contributed by atoms with Crippen molar-refractivity contribution in [3.05, 3.63) is 64.3 Å². The first kappa shape index (κ1) is 14.6. The molecule has 1 unspecified atom stereocenters. The summed E-state index contributed by atoms with van der Waals surface area (Å²) in [5, 5.41) is 2.04. The number of hydrogen-bond acceptors (Lipinski definition) is 2. The van der Waals surface area contributed by atoms with Crippen molar-refractivity contribution in [2.45, 2.75) is 12.5 Å². The zero-order valence-electron chi connectivity index (χ0n) is 13.3. The van der Waals surface area contributed by atoms with Crippen LogP contribution in [0.5, 0.6) is 5.75 Å². The van der Waals surface area contributed by atoms with Crippen molar-refractivity contribution >= 4 is 22.5 Å². The molecule has 0 fully saturated rings. The Morgan fingerprint density at radius 1 is 1.17 bits per heavy atom. The van der Waals surface area contributed by atoms with E-state index in [1.54, 1.807) is 7.11 Å². The molecule has 0 spiro atoms. The lowest BCUT2D eigenvalue weighted by atomic mass is 9.93. The number of halogens is 1. The van der Waals surface area contributed by atoms with Gasteiger partial charge in [0, 0.05) is 28.2 Å². The summed E-state index contributed by atoms with van der Waals surface area (Å²) in [6, 6.07) is 14.7.